The van der Waals surface area contributed by atoms with Gasteiger partial charge >= 0.3 is 0 Å². The van der Waals surface area contributed by atoms with Crippen LogP contribution in [-0.4, -0.2) is 40.7 Å². The SMILES string of the molecule is CCC(=O)c1ccc(F)c(-c2ccnc([C@H]3CC[C@@]4(CCN(C)C4=O)N3)c2)c1.Cl. The molecule has 1 aromatic heterocycles. The third-order valence-electron chi connectivity index (χ3n) is 6.00. The van der Waals surface area contributed by atoms with Gasteiger partial charge in [0.25, 0.3) is 0 Å². The van der Waals surface area contributed by atoms with Gasteiger partial charge in [0.1, 0.15) is 11.4 Å². The number of amides is 1. The molecule has 1 N–H and O–H groups in total. The molecule has 0 unspecified atom stereocenters. The first kappa shape index (κ1) is 21.4. The maximum atomic E-state index is 14.5. The van der Waals surface area contributed by atoms with Crippen molar-refractivity contribution in [2.75, 3.05) is 13.6 Å². The first-order chi connectivity index (χ1) is 13.4. The zero-order chi connectivity index (χ0) is 19.9. The Morgan fingerprint density at radius 1 is 1.31 bits per heavy atom. The number of pyridine rings is 1. The molecule has 2 aliphatic rings. The van der Waals surface area contributed by atoms with E-state index in [1.807, 2.05) is 13.1 Å². The summed E-state index contributed by atoms with van der Waals surface area (Å²) >= 11 is 0. The van der Waals surface area contributed by atoms with Gasteiger partial charge in [-0.3, -0.25) is 19.9 Å². The number of benzene rings is 1. The highest BCUT2D eigenvalue weighted by molar-refractivity contribution is 5.97. The van der Waals surface area contributed by atoms with Crippen LogP contribution in [0.3, 0.4) is 0 Å². The molecule has 0 radical (unpaired) electrons. The maximum absolute atomic E-state index is 14.5. The molecule has 2 atom stereocenters. The average molecular weight is 418 g/mol. The summed E-state index contributed by atoms with van der Waals surface area (Å²) < 4.78 is 14.5. The van der Waals surface area contributed by atoms with Crippen molar-refractivity contribution in [2.24, 2.45) is 0 Å². The fourth-order valence-corrected chi connectivity index (χ4v) is 4.32. The van der Waals surface area contributed by atoms with E-state index in [2.05, 4.69) is 10.3 Å². The van der Waals surface area contributed by atoms with Crippen LogP contribution in [0.1, 0.15) is 54.7 Å². The van der Waals surface area contributed by atoms with Crippen LogP contribution in [0.4, 0.5) is 4.39 Å². The number of likely N-dealkylation sites (N-methyl/N-ethyl adjacent to an activating group) is 1. The summed E-state index contributed by atoms with van der Waals surface area (Å²) in [7, 11) is 1.83. The molecule has 5 nitrogen and oxygen atoms in total. The number of Topliss-reactive ketones (excluding diaryl/α,β-unsaturated/α-hetero) is 1. The molecule has 1 aromatic carbocycles. The first-order valence-electron chi connectivity index (χ1n) is 9.76. The minimum absolute atomic E-state index is 0. The lowest BCUT2D eigenvalue weighted by Gasteiger charge is -2.23. The largest absolute Gasteiger partial charge is 0.344 e. The number of hydrogen-bond acceptors (Lipinski definition) is 4. The molecular weight excluding hydrogens is 393 g/mol. The Hall–Kier alpha value is -2.31. The number of rotatable bonds is 4. The van der Waals surface area contributed by atoms with E-state index in [0.717, 1.165) is 31.5 Å². The second kappa shape index (κ2) is 8.20. The fraction of sp³-hybridized carbons (Fsp3) is 0.409. The van der Waals surface area contributed by atoms with E-state index in [-0.39, 0.29) is 36.0 Å². The minimum atomic E-state index is -0.490. The van der Waals surface area contributed by atoms with E-state index in [4.69, 9.17) is 0 Å². The maximum Gasteiger partial charge on any atom is 0.242 e. The highest BCUT2D eigenvalue weighted by Gasteiger charge is 2.50. The Bertz CT molecular complexity index is 951. The van der Waals surface area contributed by atoms with Gasteiger partial charge in [0, 0.05) is 37.3 Å². The van der Waals surface area contributed by atoms with Gasteiger partial charge in [-0.25, -0.2) is 4.39 Å². The zero-order valence-corrected chi connectivity index (χ0v) is 17.4. The zero-order valence-electron chi connectivity index (χ0n) is 16.6. The highest BCUT2D eigenvalue weighted by atomic mass is 35.5. The molecular formula is C22H25ClFN3O2. The number of carbonyl (C=O) groups excluding carboxylic acids is 2. The number of nitrogens with zero attached hydrogens (tertiary/aromatic N) is 2. The summed E-state index contributed by atoms with van der Waals surface area (Å²) in [4.78, 5) is 30.8. The molecule has 2 saturated heterocycles. The number of ketones is 1. The Morgan fingerprint density at radius 2 is 2.10 bits per heavy atom. The van der Waals surface area contributed by atoms with Crippen molar-refractivity contribution in [3.05, 3.63) is 53.6 Å². The summed E-state index contributed by atoms with van der Waals surface area (Å²) in [6, 6.07) is 8.05. The van der Waals surface area contributed by atoms with Gasteiger partial charge in [0.2, 0.25) is 5.91 Å². The van der Waals surface area contributed by atoms with E-state index in [9.17, 15) is 14.0 Å². The number of halogens is 2. The molecule has 1 amide bonds. The van der Waals surface area contributed by atoms with Crippen molar-refractivity contribution in [3.63, 3.8) is 0 Å². The van der Waals surface area contributed by atoms with Gasteiger partial charge < -0.3 is 4.90 Å². The lowest BCUT2D eigenvalue weighted by molar-refractivity contribution is -0.131. The van der Waals surface area contributed by atoms with Gasteiger partial charge in [-0.1, -0.05) is 6.92 Å². The third kappa shape index (κ3) is 3.79. The summed E-state index contributed by atoms with van der Waals surface area (Å²) in [5.74, 6) is -0.241. The van der Waals surface area contributed by atoms with Crippen molar-refractivity contribution in [3.8, 4) is 11.1 Å². The van der Waals surface area contributed by atoms with Crippen LogP contribution in [0.15, 0.2) is 36.5 Å². The normalized spacial score (nSPS) is 23.5. The van der Waals surface area contributed by atoms with E-state index in [1.165, 1.54) is 12.1 Å². The predicted octanol–water partition coefficient (Wildman–Crippen LogP) is 3.93. The van der Waals surface area contributed by atoms with Gasteiger partial charge in [0.15, 0.2) is 5.78 Å². The van der Waals surface area contributed by atoms with E-state index < -0.39 is 5.54 Å². The van der Waals surface area contributed by atoms with Crippen LogP contribution in [0.2, 0.25) is 0 Å². The average Bonchev–Trinajstić information content (AvgIpc) is 3.28. The Kier molecular flexibility index (Phi) is 6.05. The number of carbonyl (C=O) groups is 2. The third-order valence-corrected chi connectivity index (χ3v) is 6.00. The first-order valence-corrected chi connectivity index (χ1v) is 9.76. The van der Waals surface area contributed by atoms with Crippen molar-refractivity contribution < 1.29 is 14.0 Å². The highest BCUT2D eigenvalue weighted by Crippen LogP contribution is 2.39. The summed E-state index contributed by atoms with van der Waals surface area (Å²) in [5.41, 5.74) is 1.90. The van der Waals surface area contributed by atoms with E-state index >= 15 is 0 Å². The monoisotopic (exact) mass is 417 g/mol. The molecule has 2 fully saturated rings. The van der Waals surface area contributed by atoms with Gasteiger partial charge in [0.05, 0.1) is 11.7 Å². The van der Waals surface area contributed by atoms with Gasteiger partial charge in [-0.2, -0.15) is 0 Å². The topological polar surface area (TPSA) is 62.3 Å². The summed E-state index contributed by atoms with van der Waals surface area (Å²) in [6.07, 6.45) is 4.43. The Morgan fingerprint density at radius 3 is 2.79 bits per heavy atom. The lowest BCUT2D eigenvalue weighted by atomic mass is 9.96. The molecule has 0 aliphatic carbocycles. The van der Waals surface area contributed by atoms with Gasteiger partial charge in [-0.05, 0) is 55.2 Å². The molecule has 154 valence electrons. The molecule has 4 rings (SSSR count). The molecule has 0 saturated carbocycles. The minimum Gasteiger partial charge on any atom is -0.344 e. The van der Waals surface area contributed by atoms with Crippen molar-refractivity contribution >= 4 is 24.1 Å². The Balaban J connectivity index is 0.00000240. The van der Waals surface area contributed by atoms with Gasteiger partial charge in [-0.15, -0.1) is 12.4 Å². The van der Waals surface area contributed by atoms with Crippen LogP contribution in [-0.2, 0) is 4.79 Å². The molecule has 2 aliphatic heterocycles. The molecule has 29 heavy (non-hydrogen) atoms. The summed E-state index contributed by atoms with van der Waals surface area (Å²) in [5, 5.41) is 3.49. The van der Waals surface area contributed by atoms with E-state index in [1.54, 1.807) is 30.2 Å². The van der Waals surface area contributed by atoms with Crippen molar-refractivity contribution in [1.82, 2.24) is 15.2 Å². The van der Waals surface area contributed by atoms with Crippen LogP contribution in [0.5, 0.6) is 0 Å². The summed E-state index contributed by atoms with van der Waals surface area (Å²) in [6.45, 7) is 2.55. The standard InChI is InChI=1S/C22H24FN3O2.ClH/c1-3-20(27)15-4-5-17(23)16(12-15)14-7-10-24-19(13-14)18-6-8-22(25-18)9-11-26(2)21(22)28;/h4-5,7,10,12-13,18,25H,3,6,8-9,11H2,1-2H3;1H/t18-,22+;/m1./s1. The van der Waals surface area contributed by atoms with Crippen molar-refractivity contribution in [1.29, 1.82) is 0 Å². The second-order valence-corrected chi connectivity index (χ2v) is 7.74. The molecule has 0 bridgehead atoms. The van der Waals surface area contributed by atoms with Crippen LogP contribution >= 0.6 is 12.4 Å². The number of hydrogen-bond donors (Lipinski definition) is 1. The second-order valence-electron chi connectivity index (χ2n) is 7.74. The number of likely N-dealkylation sites (tertiary alicyclic amines) is 1. The molecule has 7 heteroatoms. The Labute approximate surface area is 176 Å². The lowest BCUT2D eigenvalue weighted by Crippen LogP contribution is -2.47. The smallest absolute Gasteiger partial charge is 0.242 e. The quantitative estimate of drug-likeness (QED) is 0.766. The molecule has 2 aromatic rings. The fourth-order valence-electron chi connectivity index (χ4n) is 4.32. The van der Waals surface area contributed by atoms with Crippen molar-refractivity contribution in [2.45, 2.75) is 44.2 Å². The number of nitrogens with one attached hydrogen (secondary N) is 1. The molecule has 3 heterocycles. The van der Waals surface area contributed by atoms with Crippen LogP contribution in [0.25, 0.3) is 11.1 Å². The van der Waals surface area contributed by atoms with Crippen LogP contribution in [0, 0.1) is 5.82 Å². The van der Waals surface area contributed by atoms with E-state index in [0.29, 0.717) is 23.1 Å². The number of aromatic nitrogens is 1. The van der Waals surface area contributed by atoms with Crippen LogP contribution < -0.4 is 5.32 Å². The molecule has 1 spiro atoms. The predicted molar refractivity (Wildman–Crippen MR) is 112 cm³/mol.